The Balaban J connectivity index is 1.54. The minimum absolute atomic E-state index is 0.0280. The average molecular weight is 436 g/mol. The smallest absolute Gasteiger partial charge is 0.166 e. The Morgan fingerprint density at radius 1 is 1.13 bits per heavy atom. The van der Waals surface area contributed by atoms with E-state index < -0.39 is 16.2 Å². The van der Waals surface area contributed by atoms with Gasteiger partial charge in [0, 0.05) is 37.0 Å². The summed E-state index contributed by atoms with van der Waals surface area (Å²) in [6.45, 7) is 2.08. The van der Waals surface area contributed by atoms with Crippen LogP contribution in [0.15, 0.2) is 30.3 Å². The molecule has 1 aromatic carbocycles. The normalized spacial score (nSPS) is 33.8. The highest BCUT2D eigenvalue weighted by atomic mass is 32.2. The van der Waals surface area contributed by atoms with Crippen LogP contribution < -0.4 is 5.32 Å². The van der Waals surface area contributed by atoms with Gasteiger partial charge in [0.05, 0.1) is 5.75 Å². The zero-order valence-electron chi connectivity index (χ0n) is 18.4. The van der Waals surface area contributed by atoms with Crippen LogP contribution in [-0.4, -0.2) is 73.9 Å². The van der Waals surface area contributed by atoms with Crippen molar-refractivity contribution >= 4 is 9.84 Å². The lowest BCUT2D eigenvalue weighted by Crippen LogP contribution is -2.57. The molecule has 2 saturated carbocycles. The Labute approximate surface area is 181 Å². The van der Waals surface area contributed by atoms with Crippen molar-refractivity contribution in [2.45, 2.75) is 62.4 Å². The number of sulfone groups is 1. The van der Waals surface area contributed by atoms with Gasteiger partial charge in [0.25, 0.3) is 0 Å². The fourth-order valence-corrected chi connectivity index (χ4v) is 6.31. The van der Waals surface area contributed by atoms with E-state index in [2.05, 4.69) is 47.6 Å². The molecule has 2 N–H and O–H groups in total. The molecule has 7 heteroatoms. The highest BCUT2D eigenvalue weighted by molar-refractivity contribution is 7.90. The number of aliphatic hydroxyl groups excluding tert-OH is 1. The van der Waals surface area contributed by atoms with Gasteiger partial charge in [-0.25, -0.2) is 8.42 Å². The van der Waals surface area contributed by atoms with Gasteiger partial charge in [0.2, 0.25) is 0 Å². The molecule has 3 fully saturated rings. The van der Waals surface area contributed by atoms with Gasteiger partial charge in [-0.05, 0) is 57.1 Å². The second kappa shape index (κ2) is 8.51. The van der Waals surface area contributed by atoms with E-state index in [0.717, 1.165) is 38.8 Å². The van der Waals surface area contributed by atoms with Crippen LogP contribution in [0.3, 0.4) is 0 Å². The largest absolute Gasteiger partial charge is 0.365 e. The molecule has 1 aliphatic heterocycles. The monoisotopic (exact) mass is 435 g/mol. The van der Waals surface area contributed by atoms with E-state index >= 15 is 0 Å². The van der Waals surface area contributed by atoms with E-state index in [1.807, 2.05) is 4.90 Å². The molecule has 0 amide bonds. The van der Waals surface area contributed by atoms with Gasteiger partial charge in [-0.3, -0.25) is 9.80 Å². The molecule has 3 aliphatic rings. The van der Waals surface area contributed by atoms with E-state index in [1.54, 1.807) is 0 Å². The molecule has 6 nitrogen and oxygen atoms in total. The molecule has 2 aliphatic carbocycles. The second-order valence-electron chi connectivity index (χ2n) is 9.82. The summed E-state index contributed by atoms with van der Waals surface area (Å²) in [5, 5.41) is 14.8. The van der Waals surface area contributed by atoms with Crippen molar-refractivity contribution in [3.63, 3.8) is 0 Å². The maximum Gasteiger partial charge on any atom is 0.166 e. The van der Waals surface area contributed by atoms with Gasteiger partial charge in [-0.1, -0.05) is 36.8 Å². The highest BCUT2D eigenvalue weighted by Gasteiger charge is 2.54. The maximum atomic E-state index is 11.7. The number of rotatable bonds is 7. The topological polar surface area (TPSA) is 72.9 Å². The van der Waals surface area contributed by atoms with Crippen molar-refractivity contribution in [3.8, 4) is 0 Å². The Morgan fingerprint density at radius 3 is 2.33 bits per heavy atom. The lowest BCUT2D eigenvalue weighted by molar-refractivity contribution is -0.0967. The lowest BCUT2D eigenvalue weighted by Gasteiger charge is -2.50. The van der Waals surface area contributed by atoms with Crippen molar-refractivity contribution in [1.82, 2.24) is 15.1 Å². The van der Waals surface area contributed by atoms with E-state index in [-0.39, 0.29) is 16.8 Å². The molecule has 0 aromatic heterocycles. The van der Waals surface area contributed by atoms with E-state index in [1.165, 1.54) is 31.1 Å². The SMILES string of the molecule is CNC1(c2ccccc2)CCC2(CC1)CN(CCS(C)(=O)=O)C(O)N2CC1CCC1. The molecule has 168 valence electrons. The zero-order valence-corrected chi connectivity index (χ0v) is 19.2. The predicted octanol–water partition coefficient (Wildman–Crippen LogP) is 2.15. The number of nitrogens with one attached hydrogen (secondary N) is 1. The zero-order chi connectivity index (χ0) is 21.4. The summed E-state index contributed by atoms with van der Waals surface area (Å²) in [6, 6.07) is 10.7. The Morgan fingerprint density at radius 2 is 1.80 bits per heavy atom. The van der Waals surface area contributed by atoms with Crippen LogP contribution >= 0.6 is 0 Å². The van der Waals surface area contributed by atoms with Crippen LogP contribution in [0.2, 0.25) is 0 Å². The molecular weight excluding hydrogens is 398 g/mol. The molecule has 1 atom stereocenters. The molecule has 1 aromatic rings. The summed E-state index contributed by atoms with van der Waals surface area (Å²) in [5.74, 6) is 0.763. The standard InChI is InChI=1S/C23H37N3O3S/c1-24-23(20-9-4-3-5-10-20)13-11-22(12-14-23)18-25(15-16-30(2,28)29)21(27)26(22)17-19-7-6-8-19/h3-5,9-10,19,21,24,27H,6-8,11-18H2,1-2H3. The molecule has 1 spiro atoms. The minimum Gasteiger partial charge on any atom is -0.365 e. The summed E-state index contributed by atoms with van der Waals surface area (Å²) in [6.07, 6.45) is 8.41. The molecule has 1 saturated heterocycles. The molecule has 0 bridgehead atoms. The van der Waals surface area contributed by atoms with Crippen LogP contribution in [0.4, 0.5) is 0 Å². The molecule has 1 heterocycles. The number of aliphatic hydroxyl groups is 1. The van der Waals surface area contributed by atoms with Crippen LogP contribution in [0.25, 0.3) is 0 Å². The summed E-state index contributed by atoms with van der Waals surface area (Å²) in [7, 11) is -0.997. The van der Waals surface area contributed by atoms with Crippen molar-refractivity contribution < 1.29 is 13.5 Å². The van der Waals surface area contributed by atoms with E-state index in [9.17, 15) is 13.5 Å². The van der Waals surface area contributed by atoms with Gasteiger partial charge in [0.1, 0.15) is 9.84 Å². The number of hydrogen-bond donors (Lipinski definition) is 2. The Hall–Kier alpha value is -0.990. The van der Waals surface area contributed by atoms with Crippen LogP contribution in [0, 0.1) is 5.92 Å². The summed E-state index contributed by atoms with van der Waals surface area (Å²) in [4.78, 5) is 4.32. The third kappa shape index (κ3) is 4.32. The van der Waals surface area contributed by atoms with Crippen molar-refractivity contribution in [2.75, 3.05) is 38.7 Å². The number of nitrogens with zero attached hydrogens (tertiary/aromatic N) is 2. The average Bonchev–Trinajstić information content (AvgIpc) is 2.95. The summed E-state index contributed by atoms with van der Waals surface area (Å²) >= 11 is 0. The number of benzene rings is 1. The van der Waals surface area contributed by atoms with Gasteiger partial charge in [0.15, 0.2) is 6.35 Å². The molecule has 30 heavy (non-hydrogen) atoms. The first-order chi connectivity index (χ1) is 14.3. The second-order valence-corrected chi connectivity index (χ2v) is 12.1. The Bertz CT molecular complexity index is 817. The van der Waals surface area contributed by atoms with E-state index in [0.29, 0.717) is 12.5 Å². The third-order valence-corrected chi connectivity index (χ3v) is 8.90. The first-order valence-electron chi connectivity index (χ1n) is 11.4. The van der Waals surface area contributed by atoms with Crippen LogP contribution in [-0.2, 0) is 15.4 Å². The van der Waals surface area contributed by atoms with Crippen LogP contribution in [0.1, 0.15) is 50.5 Å². The van der Waals surface area contributed by atoms with Gasteiger partial charge in [-0.15, -0.1) is 0 Å². The van der Waals surface area contributed by atoms with Crippen molar-refractivity contribution in [1.29, 1.82) is 0 Å². The quantitative estimate of drug-likeness (QED) is 0.684. The first kappa shape index (κ1) is 22.2. The van der Waals surface area contributed by atoms with Gasteiger partial charge >= 0.3 is 0 Å². The fraction of sp³-hybridized carbons (Fsp3) is 0.739. The number of hydrogen-bond acceptors (Lipinski definition) is 6. The van der Waals surface area contributed by atoms with E-state index in [4.69, 9.17) is 0 Å². The highest BCUT2D eigenvalue weighted by Crippen LogP contribution is 2.48. The lowest BCUT2D eigenvalue weighted by atomic mass is 9.68. The molecule has 0 radical (unpaired) electrons. The Kier molecular flexibility index (Phi) is 6.30. The third-order valence-electron chi connectivity index (χ3n) is 7.98. The molecular formula is C23H37N3O3S. The van der Waals surface area contributed by atoms with Gasteiger partial charge < -0.3 is 10.4 Å². The summed E-state index contributed by atoms with van der Waals surface area (Å²) in [5.41, 5.74) is 1.24. The minimum atomic E-state index is -3.05. The first-order valence-corrected chi connectivity index (χ1v) is 13.4. The predicted molar refractivity (Wildman–Crippen MR) is 120 cm³/mol. The molecule has 1 unspecified atom stereocenters. The summed E-state index contributed by atoms with van der Waals surface area (Å²) < 4.78 is 23.5. The van der Waals surface area contributed by atoms with Gasteiger partial charge in [-0.2, -0.15) is 0 Å². The fourth-order valence-electron chi connectivity index (χ4n) is 5.74. The van der Waals surface area contributed by atoms with Crippen LogP contribution in [0.5, 0.6) is 0 Å². The van der Waals surface area contributed by atoms with Crippen molar-refractivity contribution in [3.05, 3.63) is 35.9 Å². The maximum absolute atomic E-state index is 11.7. The molecule has 4 rings (SSSR count). The van der Waals surface area contributed by atoms with Crippen molar-refractivity contribution in [2.24, 2.45) is 5.92 Å².